The van der Waals surface area contributed by atoms with Gasteiger partial charge in [-0.1, -0.05) is 0 Å². The van der Waals surface area contributed by atoms with Crippen molar-refractivity contribution >= 4 is 15.9 Å². The van der Waals surface area contributed by atoms with Crippen LogP contribution in [0, 0.1) is 13.8 Å². The van der Waals surface area contributed by atoms with Gasteiger partial charge in [-0.25, -0.2) is 0 Å². The van der Waals surface area contributed by atoms with E-state index in [9.17, 15) is 10.2 Å². The van der Waals surface area contributed by atoms with E-state index in [2.05, 4.69) is 15.9 Å². The summed E-state index contributed by atoms with van der Waals surface area (Å²) >= 11 is 3.36. The lowest BCUT2D eigenvalue weighted by Gasteiger charge is -2.15. The molecule has 1 aliphatic rings. The number of aryl methyl sites for hydroxylation is 1. The van der Waals surface area contributed by atoms with Gasteiger partial charge in [-0.2, -0.15) is 0 Å². The van der Waals surface area contributed by atoms with Gasteiger partial charge in [0.2, 0.25) is 0 Å². The van der Waals surface area contributed by atoms with E-state index in [1.807, 2.05) is 13.8 Å². The molecule has 0 aromatic heterocycles. The zero-order valence-corrected chi connectivity index (χ0v) is 10.6. The molecule has 82 valence electrons. The van der Waals surface area contributed by atoms with Gasteiger partial charge in [0.15, 0.2) is 0 Å². The van der Waals surface area contributed by atoms with E-state index in [-0.39, 0.29) is 5.75 Å². The number of halogens is 1. The molecule has 1 aromatic rings. The third kappa shape index (κ3) is 2.04. The van der Waals surface area contributed by atoms with E-state index in [1.165, 1.54) is 0 Å². The molecule has 0 unspecified atom stereocenters. The maximum Gasteiger partial charge on any atom is 0.130 e. The molecule has 0 spiro atoms. The zero-order chi connectivity index (χ0) is 11.2. The molecule has 2 rings (SSSR count). The molecule has 2 N–H and O–H groups in total. The van der Waals surface area contributed by atoms with Crippen LogP contribution in [0.3, 0.4) is 0 Å². The molecule has 3 heteroatoms. The number of phenols is 1. The zero-order valence-electron chi connectivity index (χ0n) is 8.97. The summed E-state index contributed by atoms with van der Waals surface area (Å²) in [6.07, 6.45) is 2.48. The lowest BCUT2D eigenvalue weighted by Crippen LogP contribution is -2.13. The monoisotopic (exact) mass is 270 g/mol. The number of phenolic OH excluding ortho intramolecular Hbond substituents is 1. The summed E-state index contributed by atoms with van der Waals surface area (Å²) in [6, 6.07) is 1.75. The topological polar surface area (TPSA) is 40.5 Å². The number of rotatable bonds is 2. The molecule has 2 nitrogen and oxygen atoms in total. The molecular weight excluding hydrogens is 256 g/mol. The largest absolute Gasteiger partial charge is 0.507 e. The van der Waals surface area contributed by atoms with Crippen molar-refractivity contribution in [3.63, 3.8) is 0 Å². The second kappa shape index (κ2) is 3.49. The van der Waals surface area contributed by atoms with Crippen LogP contribution in [-0.4, -0.2) is 15.8 Å². The van der Waals surface area contributed by atoms with Crippen molar-refractivity contribution in [1.82, 2.24) is 0 Å². The van der Waals surface area contributed by atoms with Gasteiger partial charge in [0, 0.05) is 6.42 Å². The second-order valence-electron chi connectivity index (χ2n) is 4.53. The Morgan fingerprint density at radius 1 is 1.40 bits per heavy atom. The van der Waals surface area contributed by atoms with Gasteiger partial charge in [-0.3, -0.25) is 0 Å². The van der Waals surface area contributed by atoms with E-state index in [0.29, 0.717) is 6.42 Å². The number of benzene rings is 1. The quantitative estimate of drug-likeness (QED) is 0.868. The maximum absolute atomic E-state index is 9.91. The van der Waals surface area contributed by atoms with Crippen LogP contribution in [0.1, 0.15) is 29.5 Å². The Hall–Kier alpha value is -0.540. The van der Waals surface area contributed by atoms with E-state index < -0.39 is 5.60 Å². The van der Waals surface area contributed by atoms with Gasteiger partial charge in [-0.15, -0.1) is 0 Å². The van der Waals surface area contributed by atoms with Crippen molar-refractivity contribution in [3.05, 3.63) is 27.2 Å². The first-order valence-electron chi connectivity index (χ1n) is 5.13. The van der Waals surface area contributed by atoms with Gasteiger partial charge in [0.25, 0.3) is 0 Å². The van der Waals surface area contributed by atoms with Crippen LogP contribution in [-0.2, 0) is 6.42 Å². The normalized spacial score (nSPS) is 17.9. The van der Waals surface area contributed by atoms with Crippen molar-refractivity contribution in [1.29, 1.82) is 0 Å². The molecule has 1 aliphatic carbocycles. The minimum Gasteiger partial charge on any atom is -0.507 e. The Labute approximate surface area is 98.1 Å². The highest BCUT2D eigenvalue weighted by atomic mass is 79.9. The minimum atomic E-state index is -0.480. The summed E-state index contributed by atoms with van der Waals surface area (Å²) in [7, 11) is 0. The molecule has 0 atom stereocenters. The highest BCUT2D eigenvalue weighted by Gasteiger charge is 2.40. The SMILES string of the molecule is Cc1cc(O)c(Br)c(C)c1CC1(O)CC1. The molecular formula is C12H15BrO2. The molecule has 1 saturated carbocycles. The first kappa shape index (κ1) is 11.0. The molecule has 0 heterocycles. The van der Waals surface area contributed by atoms with Crippen molar-refractivity contribution in [2.24, 2.45) is 0 Å². The second-order valence-corrected chi connectivity index (χ2v) is 5.32. The van der Waals surface area contributed by atoms with Gasteiger partial charge in [-0.05, 0) is 65.4 Å². The average Bonchev–Trinajstić information content (AvgIpc) is 2.89. The Morgan fingerprint density at radius 3 is 2.53 bits per heavy atom. The van der Waals surface area contributed by atoms with Crippen LogP contribution >= 0.6 is 15.9 Å². The molecule has 0 bridgehead atoms. The Kier molecular flexibility index (Phi) is 2.55. The van der Waals surface area contributed by atoms with Crippen LogP contribution in [0.2, 0.25) is 0 Å². The van der Waals surface area contributed by atoms with Crippen LogP contribution in [0.25, 0.3) is 0 Å². The van der Waals surface area contributed by atoms with Crippen molar-refractivity contribution in [2.75, 3.05) is 0 Å². The summed E-state index contributed by atoms with van der Waals surface area (Å²) in [5.74, 6) is 0.275. The van der Waals surface area contributed by atoms with Crippen molar-refractivity contribution < 1.29 is 10.2 Å². The van der Waals surface area contributed by atoms with E-state index >= 15 is 0 Å². The summed E-state index contributed by atoms with van der Waals surface area (Å²) in [4.78, 5) is 0. The van der Waals surface area contributed by atoms with Gasteiger partial charge >= 0.3 is 0 Å². The molecule has 0 aliphatic heterocycles. The Bertz CT molecular complexity index is 409. The van der Waals surface area contributed by atoms with Crippen LogP contribution in [0.4, 0.5) is 0 Å². The molecule has 0 amide bonds. The fourth-order valence-corrected chi connectivity index (χ4v) is 2.25. The summed E-state index contributed by atoms with van der Waals surface area (Å²) in [5.41, 5.74) is 2.76. The van der Waals surface area contributed by atoms with Gasteiger partial charge < -0.3 is 10.2 Å². The molecule has 1 aromatic carbocycles. The number of aliphatic hydroxyl groups is 1. The highest BCUT2D eigenvalue weighted by Crippen LogP contribution is 2.41. The lowest BCUT2D eigenvalue weighted by molar-refractivity contribution is 0.150. The molecule has 0 saturated heterocycles. The first-order valence-corrected chi connectivity index (χ1v) is 5.92. The summed E-state index contributed by atoms with van der Waals surface area (Å²) in [6.45, 7) is 3.94. The third-order valence-electron chi connectivity index (χ3n) is 3.17. The predicted octanol–water partition coefficient (Wildman–Crippen LogP) is 2.84. The third-order valence-corrected chi connectivity index (χ3v) is 4.17. The Morgan fingerprint density at radius 2 is 2.00 bits per heavy atom. The number of aromatic hydroxyl groups is 1. The van der Waals surface area contributed by atoms with Crippen LogP contribution < -0.4 is 0 Å². The Balaban J connectivity index is 2.41. The summed E-state index contributed by atoms with van der Waals surface area (Å²) in [5, 5.41) is 19.5. The predicted molar refractivity (Wildman–Crippen MR) is 63.2 cm³/mol. The fourth-order valence-electron chi connectivity index (χ4n) is 1.90. The molecule has 1 fully saturated rings. The van der Waals surface area contributed by atoms with E-state index in [0.717, 1.165) is 34.0 Å². The minimum absolute atomic E-state index is 0.275. The van der Waals surface area contributed by atoms with Crippen molar-refractivity contribution in [3.8, 4) is 5.75 Å². The molecule has 15 heavy (non-hydrogen) atoms. The average molecular weight is 271 g/mol. The standard InChI is InChI=1S/C12H15BrO2/c1-7-5-10(14)11(13)8(2)9(7)6-12(15)3-4-12/h5,14-15H,3-4,6H2,1-2H3. The first-order chi connectivity index (χ1) is 6.93. The van der Waals surface area contributed by atoms with E-state index in [1.54, 1.807) is 6.07 Å². The highest BCUT2D eigenvalue weighted by molar-refractivity contribution is 9.10. The smallest absolute Gasteiger partial charge is 0.130 e. The van der Waals surface area contributed by atoms with Gasteiger partial charge in [0.1, 0.15) is 5.75 Å². The molecule has 0 radical (unpaired) electrons. The van der Waals surface area contributed by atoms with E-state index in [4.69, 9.17) is 0 Å². The van der Waals surface area contributed by atoms with Crippen LogP contribution in [0.5, 0.6) is 5.75 Å². The maximum atomic E-state index is 9.91. The number of hydrogen-bond donors (Lipinski definition) is 2. The van der Waals surface area contributed by atoms with Gasteiger partial charge in [0.05, 0.1) is 10.1 Å². The lowest BCUT2D eigenvalue weighted by atomic mass is 9.96. The van der Waals surface area contributed by atoms with Crippen molar-refractivity contribution in [2.45, 2.75) is 38.7 Å². The fraction of sp³-hybridized carbons (Fsp3) is 0.500. The number of hydrogen-bond acceptors (Lipinski definition) is 2. The summed E-state index contributed by atoms with van der Waals surface area (Å²) < 4.78 is 0.743. The van der Waals surface area contributed by atoms with Crippen LogP contribution in [0.15, 0.2) is 10.5 Å².